The molecule has 0 radical (unpaired) electrons. The number of fused-ring (bicyclic) bond motifs is 2. The molecule has 0 aliphatic carbocycles. The van der Waals surface area contributed by atoms with Crippen molar-refractivity contribution in [2.75, 3.05) is 20.2 Å². The number of nitrogens with one attached hydrogen (secondary N) is 1. The minimum Gasteiger partial charge on any atom is -0.468 e. The quantitative estimate of drug-likeness (QED) is 0.423. The Hall–Kier alpha value is -4.39. The van der Waals surface area contributed by atoms with Crippen molar-refractivity contribution in [3.05, 3.63) is 95.1 Å². The fraction of sp³-hybridized carbons (Fsp3) is 0.207. The minimum atomic E-state index is -0.549. The lowest BCUT2D eigenvalue weighted by atomic mass is 9.93. The van der Waals surface area contributed by atoms with Crippen LogP contribution in [-0.2, 0) is 21.4 Å². The van der Waals surface area contributed by atoms with Gasteiger partial charge in [0, 0.05) is 29.1 Å². The molecular weight excluding hydrogens is 454 g/mol. The molecule has 182 valence electrons. The molecule has 0 saturated carbocycles. The maximum atomic E-state index is 13.6. The first kappa shape index (κ1) is 23.4. The largest absolute Gasteiger partial charge is 0.468 e. The van der Waals surface area contributed by atoms with E-state index in [1.165, 1.54) is 7.11 Å². The third-order valence-electron chi connectivity index (χ3n) is 6.77. The lowest BCUT2D eigenvalue weighted by Gasteiger charge is -2.26. The number of esters is 1. The zero-order valence-corrected chi connectivity index (χ0v) is 20.4. The van der Waals surface area contributed by atoms with E-state index in [1.807, 2.05) is 44.3 Å². The van der Waals surface area contributed by atoms with E-state index >= 15 is 0 Å². The van der Waals surface area contributed by atoms with E-state index in [0.29, 0.717) is 5.56 Å². The standard InChI is InChI=1S/C29H27N3O4/c1-18-12-14-19(15-13-18)27-26(22-10-6-7-11-23(22)31(27)2)28-20-8-4-5-9-21(20)29(35)32(28)17-24(33)30-16-25(34)36-3/h4-15,28H,16-17H2,1-3H3,(H,30,33)/t28-/m1/s1. The summed E-state index contributed by atoms with van der Waals surface area (Å²) in [6, 6.07) is 23.4. The van der Waals surface area contributed by atoms with Crippen LogP contribution in [0, 0.1) is 6.92 Å². The SMILES string of the molecule is COC(=O)CNC(=O)CN1C(=O)c2ccccc2[C@@H]1c1c(-c2ccc(C)cc2)n(C)c2ccccc12. The van der Waals surface area contributed by atoms with Crippen LogP contribution in [0.2, 0.25) is 0 Å². The topological polar surface area (TPSA) is 80.6 Å². The zero-order valence-electron chi connectivity index (χ0n) is 20.4. The van der Waals surface area contributed by atoms with Crippen LogP contribution < -0.4 is 5.32 Å². The van der Waals surface area contributed by atoms with Gasteiger partial charge in [-0.3, -0.25) is 14.4 Å². The Bertz CT molecular complexity index is 1490. The van der Waals surface area contributed by atoms with Gasteiger partial charge in [-0.25, -0.2) is 0 Å². The third-order valence-corrected chi connectivity index (χ3v) is 6.77. The number of nitrogens with zero attached hydrogens (tertiary/aromatic N) is 2. The number of para-hydroxylation sites is 1. The fourth-order valence-electron chi connectivity index (χ4n) is 5.06. The Labute approximate surface area is 209 Å². The van der Waals surface area contributed by atoms with Gasteiger partial charge in [0.25, 0.3) is 5.91 Å². The van der Waals surface area contributed by atoms with E-state index < -0.39 is 17.9 Å². The molecule has 2 amide bonds. The number of hydrogen-bond acceptors (Lipinski definition) is 4. The molecule has 7 heteroatoms. The van der Waals surface area contributed by atoms with Crippen LogP contribution in [0.5, 0.6) is 0 Å². The summed E-state index contributed by atoms with van der Waals surface area (Å²) >= 11 is 0. The van der Waals surface area contributed by atoms with Crippen LogP contribution in [0.25, 0.3) is 22.2 Å². The van der Waals surface area contributed by atoms with Crippen molar-refractivity contribution in [1.29, 1.82) is 0 Å². The number of rotatable bonds is 6. The third kappa shape index (κ3) is 3.92. The molecule has 0 saturated heterocycles. The normalized spacial score (nSPS) is 14.7. The Morgan fingerprint density at radius 2 is 1.67 bits per heavy atom. The summed E-state index contributed by atoms with van der Waals surface area (Å²) in [7, 11) is 3.29. The van der Waals surface area contributed by atoms with Crippen molar-refractivity contribution in [3.63, 3.8) is 0 Å². The van der Waals surface area contributed by atoms with Gasteiger partial charge in [-0.2, -0.15) is 0 Å². The minimum absolute atomic E-state index is 0.189. The van der Waals surface area contributed by atoms with Gasteiger partial charge < -0.3 is 19.5 Å². The summed E-state index contributed by atoms with van der Waals surface area (Å²) in [4.78, 5) is 39.6. The molecule has 7 nitrogen and oxygen atoms in total. The van der Waals surface area contributed by atoms with Gasteiger partial charge in [-0.05, 0) is 30.2 Å². The summed E-state index contributed by atoms with van der Waals surface area (Å²) in [5, 5.41) is 3.58. The van der Waals surface area contributed by atoms with E-state index in [4.69, 9.17) is 0 Å². The molecular formula is C29H27N3O4. The van der Waals surface area contributed by atoms with Crippen LogP contribution in [0.1, 0.15) is 33.1 Å². The van der Waals surface area contributed by atoms with E-state index in [1.54, 1.807) is 11.0 Å². The molecule has 36 heavy (non-hydrogen) atoms. The van der Waals surface area contributed by atoms with Crippen molar-refractivity contribution in [2.24, 2.45) is 7.05 Å². The summed E-state index contributed by atoms with van der Waals surface area (Å²) in [6.07, 6.45) is 0. The molecule has 4 aromatic rings. The monoisotopic (exact) mass is 481 g/mol. The van der Waals surface area contributed by atoms with Gasteiger partial charge in [0.05, 0.1) is 18.8 Å². The molecule has 1 aliphatic heterocycles. The highest BCUT2D eigenvalue weighted by atomic mass is 16.5. The van der Waals surface area contributed by atoms with E-state index in [2.05, 4.69) is 51.0 Å². The van der Waals surface area contributed by atoms with Crippen LogP contribution in [0.15, 0.2) is 72.8 Å². The van der Waals surface area contributed by atoms with Crippen LogP contribution in [-0.4, -0.2) is 47.4 Å². The average Bonchev–Trinajstić information content (AvgIpc) is 3.34. The van der Waals surface area contributed by atoms with Gasteiger partial charge in [0.2, 0.25) is 5.91 Å². The molecule has 1 aliphatic rings. The molecule has 0 bridgehead atoms. The first-order valence-electron chi connectivity index (χ1n) is 11.8. The Morgan fingerprint density at radius 1 is 0.972 bits per heavy atom. The number of amides is 2. The number of methoxy groups -OCH3 is 1. The highest BCUT2D eigenvalue weighted by Gasteiger charge is 2.41. The number of aryl methyl sites for hydroxylation is 2. The molecule has 2 heterocycles. The molecule has 0 fully saturated rings. The lowest BCUT2D eigenvalue weighted by Crippen LogP contribution is -2.41. The van der Waals surface area contributed by atoms with E-state index in [9.17, 15) is 14.4 Å². The van der Waals surface area contributed by atoms with E-state index in [0.717, 1.165) is 38.9 Å². The average molecular weight is 482 g/mol. The Kier molecular flexibility index (Phi) is 6.06. The van der Waals surface area contributed by atoms with Crippen molar-refractivity contribution in [1.82, 2.24) is 14.8 Å². The number of hydrogen-bond donors (Lipinski definition) is 1. The second-order valence-corrected chi connectivity index (χ2v) is 8.98. The zero-order chi connectivity index (χ0) is 25.4. The molecule has 5 rings (SSSR count). The number of benzene rings is 3. The highest BCUT2D eigenvalue weighted by Crippen LogP contribution is 2.46. The number of carbonyl (C=O) groups excluding carboxylic acids is 3. The van der Waals surface area contributed by atoms with Crippen molar-refractivity contribution in [2.45, 2.75) is 13.0 Å². The second-order valence-electron chi connectivity index (χ2n) is 8.98. The number of carbonyl (C=O) groups is 3. The molecule has 1 aromatic heterocycles. The Balaban J connectivity index is 1.68. The first-order chi connectivity index (χ1) is 17.4. The van der Waals surface area contributed by atoms with E-state index in [-0.39, 0.29) is 19.0 Å². The lowest BCUT2D eigenvalue weighted by molar-refractivity contribution is -0.141. The molecule has 1 N–H and O–H groups in total. The maximum absolute atomic E-state index is 13.6. The van der Waals surface area contributed by atoms with Crippen molar-refractivity contribution < 1.29 is 19.1 Å². The molecule has 0 spiro atoms. The van der Waals surface area contributed by atoms with Crippen molar-refractivity contribution >= 4 is 28.7 Å². The maximum Gasteiger partial charge on any atom is 0.325 e. The van der Waals surface area contributed by atoms with Gasteiger partial charge >= 0.3 is 5.97 Å². The van der Waals surface area contributed by atoms with Crippen LogP contribution >= 0.6 is 0 Å². The Morgan fingerprint density at radius 3 is 2.42 bits per heavy atom. The predicted octanol–water partition coefficient (Wildman–Crippen LogP) is 3.99. The van der Waals surface area contributed by atoms with Gasteiger partial charge in [-0.15, -0.1) is 0 Å². The summed E-state index contributed by atoms with van der Waals surface area (Å²) in [5.74, 6) is -1.19. The first-order valence-corrected chi connectivity index (χ1v) is 11.8. The van der Waals surface area contributed by atoms with Crippen LogP contribution in [0.3, 0.4) is 0 Å². The molecule has 1 atom stereocenters. The fourth-order valence-corrected chi connectivity index (χ4v) is 5.06. The van der Waals surface area contributed by atoms with Crippen LogP contribution in [0.4, 0.5) is 0 Å². The summed E-state index contributed by atoms with van der Waals surface area (Å²) < 4.78 is 6.77. The number of ether oxygens (including phenoxy) is 1. The van der Waals surface area contributed by atoms with Crippen molar-refractivity contribution in [3.8, 4) is 11.3 Å². The molecule has 0 unspecified atom stereocenters. The highest BCUT2D eigenvalue weighted by molar-refractivity contribution is 6.04. The van der Waals surface area contributed by atoms with Gasteiger partial charge in [-0.1, -0.05) is 66.2 Å². The number of aromatic nitrogens is 1. The summed E-state index contributed by atoms with van der Waals surface area (Å²) in [5.41, 5.74) is 6.61. The second kappa shape index (κ2) is 9.34. The predicted molar refractivity (Wildman–Crippen MR) is 137 cm³/mol. The van der Waals surface area contributed by atoms with Gasteiger partial charge in [0.1, 0.15) is 13.1 Å². The summed E-state index contributed by atoms with van der Waals surface area (Å²) in [6.45, 7) is 1.61. The smallest absolute Gasteiger partial charge is 0.325 e. The molecule has 3 aromatic carbocycles. The van der Waals surface area contributed by atoms with Gasteiger partial charge in [0.15, 0.2) is 0 Å².